The van der Waals surface area contributed by atoms with Gasteiger partial charge in [0.05, 0.1) is 6.20 Å². The van der Waals surface area contributed by atoms with E-state index in [1.807, 2.05) is 6.26 Å². The third-order valence-corrected chi connectivity index (χ3v) is 3.99. The van der Waals surface area contributed by atoms with Gasteiger partial charge < -0.3 is 4.90 Å². The van der Waals surface area contributed by atoms with E-state index in [1.54, 1.807) is 6.20 Å². The van der Waals surface area contributed by atoms with Gasteiger partial charge in [-0.2, -0.15) is 5.10 Å². The molecule has 3 rings (SSSR count). The van der Waals surface area contributed by atoms with Crippen LogP contribution in [0.5, 0.6) is 0 Å². The van der Waals surface area contributed by atoms with Crippen LogP contribution in [0, 0.1) is 0 Å². The molecule has 0 spiro atoms. The Balaban J connectivity index is 2.14. The second-order valence-corrected chi connectivity index (χ2v) is 5.33. The first-order valence-corrected chi connectivity index (χ1v) is 7.56. The predicted octanol–water partition coefficient (Wildman–Crippen LogP) is 1.43. The summed E-state index contributed by atoms with van der Waals surface area (Å²) in [6.45, 7) is 1.96. The lowest BCUT2D eigenvalue weighted by atomic mass is 10.1. The SMILES string of the molecule is CSc1nc(N2CCCCC2)nc2cn[nH]c(=O)c12. The van der Waals surface area contributed by atoms with Crippen LogP contribution in [0.3, 0.4) is 0 Å². The summed E-state index contributed by atoms with van der Waals surface area (Å²) in [4.78, 5) is 23.0. The first-order valence-electron chi connectivity index (χ1n) is 6.34. The standard InChI is InChI=1S/C12H15N5OS/c1-19-11-9-8(7-13-16-10(9)18)14-12(15-11)17-5-3-2-4-6-17/h7H,2-6H2,1H3,(H,16,18). The Labute approximate surface area is 114 Å². The average molecular weight is 277 g/mol. The highest BCUT2D eigenvalue weighted by atomic mass is 32.2. The Morgan fingerprint density at radius 3 is 2.79 bits per heavy atom. The van der Waals surface area contributed by atoms with E-state index in [-0.39, 0.29) is 5.56 Å². The molecule has 1 N–H and O–H groups in total. The maximum atomic E-state index is 11.8. The number of thioether (sulfide) groups is 1. The molecule has 0 radical (unpaired) electrons. The molecular weight excluding hydrogens is 262 g/mol. The minimum atomic E-state index is -0.230. The van der Waals surface area contributed by atoms with Crippen molar-refractivity contribution >= 4 is 28.6 Å². The van der Waals surface area contributed by atoms with Crippen LogP contribution < -0.4 is 10.5 Å². The molecular formula is C12H15N5OS. The number of nitrogens with zero attached hydrogens (tertiary/aromatic N) is 4. The third kappa shape index (κ3) is 2.30. The van der Waals surface area contributed by atoms with Crippen LogP contribution in [0.4, 0.5) is 5.95 Å². The summed E-state index contributed by atoms with van der Waals surface area (Å²) in [7, 11) is 0. The zero-order chi connectivity index (χ0) is 13.2. The topological polar surface area (TPSA) is 74.8 Å². The maximum Gasteiger partial charge on any atom is 0.276 e. The number of H-pyrrole nitrogens is 1. The molecule has 3 heterocycles. The lowest BCUT2D eigenvalue weighted by Gasteiger charge is -2.26. The van der Waals surface area contributed by atoms with E-state index in [9.17, 15) is 4.79 Å². The molecule has 1 saturated heterocycles. The van der Waals surface area contributed by atoms with Crippen LogP contribution in [0.15, 0.2) is 16.0 Å². The summed E-state index contributed by atoms with van der Waals surface area (Å²) in [5.41, 5.74) is 0.385. The molecule has 7 heteroatoms. The molecule has 0 aromatic carbocycles. The number of rotatable bonds is 2. The van der Waals surface area contributed by atoms with Gasteiger partial charge in [0.2, 0.25) is 5.95 Å². The Kier molecular flexibility index (Phi) is 3.37. The number of nitrogens with one attached hydrogen (secondary N) is 1. The van der Waals surface area contributed by atoms with Gasteiger partial charge in [0.15, 0.2) is 0 Å². The summed E-state index contributed by atoms with van der Waals surface area (Å²) in [5.74, 6) is 0.712. The lowest BCUT2D eigenvalue weighted by molar-refractivity contribution is 0.567. The molecule has 0 amide bonds. The van der Waals surface area contributed by atoms with Crippen molar-refractivity contribution in [3.05, 3.63) is 16.6 Å². The van der Waals surface area contributed by atoms with Gasteiger partial charge in [-0.25, -0.2) is 15.1 Å². The van der Waals surface area contributed by atoms with E-state index in [1.165, 1.54) is 31.0 Å². The fraction of sp³-hybridized carbons (Fsp3) is 0.500. The van der Waals surface area contributed by atoms with Crippen molar-refractivity contribution in [3.8, 4) is 0 Å². The fourth-order valence-corrected chi connectivity index (χ4v) is 2.92. The number of hydrogen-bond donors (Lipinski definition) is 1. The van der Waals surface area contributed by atoms with Crippen LogP contribution in [0.25, 0.3) is 10.9 Å². The van der Waals surface area contributed by atoms with Gasteiger partial charge in [-0.15, -0.1) is 11.8 Å². The highest BCUT2D eigenvalue weighted by Gasteiger charge is 2.17. The summed E-state index contributed by atoms with van der Waals surface area (Å²) < 4.78 is 0. The van der Waals surface area contributed by atoms with Crippen molar-refractivity contribution in [1.29, 1.82) is 0 Å². The van der Waals surface area contributed by atoms with Crippen molar-refractivity contribution in [2.24, 2.45) is 0 Å². The van der Waals surface area contributed by atoms with Gasteiger partial charge in [0, 0.05) is 13.1 Å². The molecule has 1 aliphatic rings. The zero-order valence-electron chi connectivity index (χ0n) is 10.7. The summed E-state index contributed by atoms with van der Waals surface area (Å²) >= 11 is 1.47. The third-order valence-electron chi connectivity index (χ3n) is 3.30. The van der Waals surface area contributed by atoms with E-state index in [0.717, 1.165) is 13.1 Å². The number of hydrogen-bond acceptors (Lipinski definition) is 6. The zero-order valence-corrected chi connectivity index (χ0v) is 11.5. The first kappa shape index (κ1) is 12.4. The van der Waals surface area contributed by atoms with Gasteiger partial charge in [-0.3, -0.25) is 4.79 Å². The number of anilines is 1. The van der Waals surface area contributed by atoms with E-state index in [0.29, 0.717) is 21.9 Å². The Morgan fingerprint density at radius 2 is 2.05 bits per heavy atom. The molecule has 0 saturated carbocycles. The van der Waals surface area contributed by atoms with Crippen molar-refractivity contribution in [2.45, 2.75) is 24.3 Å². The Morgan fingerprint density at radius 1 is 1.26 bits per heavy atom. The molecule has 0 aliphatic carbocycles. The van der Waals surface area contributed by atoms with Crippen molar-refractivity contribution in [3.63, 3.8) is 0 Å². The molecule has 0 unspecified atom stereocenters. The molecule has 2 aromatic heterocycles. The fourth-order valence-electron chi connectivity index (χ4n) is 2.34. The number of aromatic amines is 1. The van der Waals surface area contributed by atoms with Crippen LogP contribution in [-0.4, -0.2) is 39.5 Å². The van der Waals surface area contributed by atoms with Gasteiger partial charge in [0.25, 0.3) is 5.56 Å². The van der Waals surface area contributed by atoms with Crippen LogP contribution in [0.1, 0.15) is 19.3 Å². The highest BCUT2D eigenvalue weighted by Crippen LogP contribution is 2.24. The summed E-state index contributed by atoms with van der Waals surface area (Å²) in [6, 6.07) is 0. The summed E-state index contributed by atoms with van der Waals surface area (Å²) in [6.07, 6.45) is 7.11. The normalized spacial score (nSPS) is 15.9. The minimum absolute atomic E-state index is 0.230. The van der Waals surface area contributed by atoms with Crippen LogP contribution >= 0.6 is 11.8 Å². The largest absolute Gasteiger partial charge is 0.341 e. The minimum Gasteiger partial charge on any atom is -0.341 e. The lowest BCUT2D eigenvalue weighted by Crippen LogP contribution is -2.31. The van der Waals surface area contributed by atoms with E-state index in [4.69, 9.17) is 0 Å². The molecule has 1 aliphatic heterocycles. The van der Waals surface area contributed by atoms with Crippen LogP contribution in [0.2, 0.25) is 0 Å². The number of aromatic nitrogens is 4. The van der Waals surface area contributed by atoms with Gasteiger partial charge in [-0.1, -0.05) is 0 Å². The monoisotopic (exact) mass is 277 g/mol. The van der Waals surface area contributed by atoms with E-state index < -0.39 is 0 Å². The Bertz CT molecular complexity index is 650. The Hall–Kier alpha value is -1.63. The van der Waals surface area contributed by atoms with Crippen molar-refractivity contribution < 1.29 is 0 Å². The molecule has 100 valence electrons. The first-order chi connectivity index (χ1) is 9.29. The van der Waals surface area contributed by atoms with Gasteiger partial charge in [-0.05, 0) is 25.5 Å². The highest BCUT2D eigenvalue weighted by molar-refractivity contribution is 7.98. The van der Waals surface area contributed by atoms with E-state index >= 15 is 0 Å². The second kappa shape index (κ2) is 5.16. The second-order valence-electron chi connectivity index (χ2n) is 4.54. The molecule has 6 nitrogen and oxygen atoms in total. The average Bonchev–Trinajstić information content (AvgIpc) is 2.47. The van der Waals surface area contributed by atoms with Gasteiger partial charge >= 0.3 is 0 Å². The van der Waals surface area contributed by atoms with Crippen molar-refractivity contribution in [2.75, 3.05) is 24.2 Å². The molecule has 19 heavy (non-hydrogen) atoms. The van der Waals surface area contributed by atoms with Gasteiger partial charge in [0.1, 0.15) is 15.9 Å². The molecule has 0 bridgehead atoms. The molecule has 0 atom stereocenters. The smallest absolute Gasteiger partial charge is 0.276 e. The van der Waals surface area contributed by atoms with Crippen molar-refractivity contribution in [1.82, 2.24) is 20.2 Å². The molecule has 1 fully saturated rings. The molecule has 2 aromatic rings. The quantitative estimate of drug-likeness (QED) is 0.661. The van der Waals surface area contributed by atoms with E-state index in [2.05, 4.69) is 25.1 Å². The summed E-state index contributed by atoms with van der Waals surface area (Å²) in [5, 5.41) is 7.50. The van der Waals surface area contributed by atoms with Crippen LogP contribution in [-0.2, 0) is 0 Å². The number of piperidine rings is 1. The predicted molar refractivity (Wildman–Crippen MR) is 75.8 cm³/mol. The maximum absolute atomic E-state index is 11.8. The number of fused-ring (bicyclic) bond motifs is 1.